The van der Waals surface area contributed by atoms with E-state index in [1.165, 1.54) is 29.2 Å². The fourth-order valence-corrected chi connectivity index (χ4v) is 6.20. The van der Waals surface area contributed by atoms with Gasteiger partial charge in [-0.2, -0.15) is 0 Å². The van der Waals surface area contributed by atoms with E-state index < -0.39 is 4.92 Å². The van der Waals surface area contributed by atoms with Gasteiger partial charge in [-0.3, -0.25) is 24.6 Å². The summed E-state index contributed by atoms with van der Waals surface area (Å²) >= 11 is 7.28. The molecule has 1 heterocycles. The third kappa shape index (κ3) is 1.97. The van der Waals surface area contributed by atoms with Crippen LogP contribution >= 0.6 is 31.9 Å². The largest absolute Gasteiger partial charge is 0.274 e. The third-order valence-electron chi connectivity index (χ3n) is 5.31. The number of hydrogen-bond acceptors (Lipinski definition) is 4. The van der Waals surface area contributed by atoms with Gasteiger partial charge in [-0.15, -0.1) is 0 Å². The van der Waals surface area contributed by atoms with E-state index in [1.807, 2.05) is 0 Å². The van der Waals surface area contributed by atoms with Crippen LogP contribution in [0.2, 0.25) is 0 Å². The van der Waals surface area contributed by atoms with Gasteiger partial charge in [0.1, 0.15) is 0 Å². The molecule has 0 spiro atoms. The lowest BCUT2D eigenvalue weighted by Crippen LogP contribution is -2.37. The van der Waals surface area contributed by atoms with E-state index in [9.17, 15) is 19.7 Å². The Morgan fingerprint density at radius 1 is 1.00 bits per heavy atom. The fraction of sp³-hybridized carbons (Fsp3) is 0.467. The van der Waals surface area contributed by atoms with Gasteiger partial charge >= 0.3 is 0 Å². The lowest BCUT2D eigenvalue weighted by atomic mass is 9.81. The molecule has 8 heteroatoms. The minimum atomic E-state index is -0.503. The van der Waals surface area contributed by atoms with Crippen molar-refractivity contribution in [2.24, 2.45) is 23.7 Å². The zero-order valence-electron chi connectivity index (χ0n) is 11.8. The zero-order chi connectivity index (χ0) is 16.5. The molecule has 0 radical (unpaired) electrons. The molecule has 6 atom stereocenters. The number of nitro groups is 1. The van der Waals surface area contributed by atoms with Crippen molar-refractivity contribution in [3.05, 3.63) is 34.4 Å². The second-order valence-corrected chi connectivity index (χ2v) is 8.40. The van der Waals surface area contributed by atoms with Crippen LogP contribution in [0.5, 0.6) is 0 Å². The highest BCUT2D eigenvalue weighted by Gasteiger charge is 2.66. The number of carbonyl (C=O) groups excluding carboxylic acids is 2. The normalized spacial score (nSPS) is 38.3. The van der Waals surface area contributed by atoms with Crippen molar-refractivity contribution < 1.29 is 14.5 Å². The second-order valence-electron chi connectivity index (χ2n) is 6.29. The number of amides is 2. The predicted molar refractivity (Wildman–Crippen MR) is 89.6 cm³/mol. The van der Waals surface area contributed by atoms with Crippen LogP contribution in [-0.2, 0) is 9.59 Å². The molecule has 6 nitrogen and oxygen atoms in total. The first-order valence-electron chi connectivity index (χ1n) is 7.32. The molecule has 1 aromatic carbocycles. The monoisotopic (exact) mass is 442 g/mol. The number of nitro benzene ring substituents is 1. The molecule has 23 heavy (non-hydrogen) atoms. The van der Waals surface area contributed by atoms with Crippen LogP contribution in [0.3, 0.4) is 0 Å². The SMILES string of the molecule is O=C1[C@@H]2[C@@H]3C[C@H]([C@H](Br)[C@@H]3Br)[C@@H]2C(=O)N1c1ccc([N+](=O)[O-])cc1. The summed E-state index contributed by atoms with van der Waals surface area (Å²) in [5.74, 6) is -0.583. The van der Waals surface area contributed by atoms with Crippen molar-refractivity contribution in [2.75, 3.05) is 4.90 Å². The number of halogens is 2. The zero-order valence-corrected chi connectivity index (χ0v) is 14.9. The van der Waals surface area contributed by atoms with Crippen molar-refractivity contribution in [1.82, 2.24) is 0 Å². The standard InChI is InChI=1S/C15H12Br2N2O4/c16-12-8-5-9(13(12)17)11-10(8)14(20)18(15(11)21)6-1-3-7(4-2-6)19(22)23/h1-4,8-13H,5H2/t8-,9-,10-,11+,12-,13+/m0/s1. The Balaban J connectivity index is 1.68. The molecule has 3 fully saturated rings. The maximum absolute atomic E-state index is 12.8. The Hall–Kier alpha value is -1.28. The second kappa shape index (κ2) is 5.11. The average molecular weight is 444 g/mol. The van der Waals surface area contributed by atoms with E-state index in [0.717, 1.165) is 6.42 Å². The Labute approximate surface area is 148 Å². The molecule has 2 bridgehead atoms. The number of non-ortho nitro benzene ring substituents is 1. The number of carbonyl (C=O) groups is 2. The van der Waals surface area contributed by atoms with Crippen LogP contribution in [0.1, 0.15) is 6.42 Å². The maximum atomic E-state index is 12.8. The topological polar surface area (TPSA) is 80.5 Å². The molecule has 4 rings (SSSR count). The van der Waals surface area contributed by atoms with Crippen LogP contribution in [0.25, 0.3) is 0 Å². The fourth-order valence-electron chi connectivity index (χ4n) is 4.33. The molecule has 2 amide bonds. The summed E-state index contributed by atoms with van der Waals surface area (Å²) in [7, 11) is 0. The Bertz CT molecular complexity index is 691. The van der Waals surface area contributed by atoms with Crippen LogP contribution in [0, 0.1) is 33.8 Å². The highest BCUT2D eigenvalue weighted by Crippen LogP contribution is 2.60. The number of anilines is 1. The Morgan fingerprint density at radius 2 is 1.48 bits per heavy atom. The Morgan fingerprint density at radius 3 is 1.91 bits per heavy atom. The van der Waals surface area contributed by atoms with E-state index in [2.05, 4.69) is 31.9 Å². The predicted octanol–water partition coefficient (Wildman–Crippen LogP) is 2.88. The molecular weight excluding hydrogens is 432 g/mol. The number of benzene rings is 1. The number of alkyl halides is 2. The molecule has 2 saturated carbocycles. The third-order valence-corrected chi connectivity index (χ3v) is 8.51. The van der Waals surface area contributed by atoms with E-state index in [0.29, 0.717) is 5.69 Å². The molecule has 0 N–H and O–H groups in total. The molecule has 0 aromatic heterocycles. The number of rotatable bonds is 2. The summed E-state index contributed by atoms with van der Waals surface area (Å²) < 4.78 is 0. The smallest absolute Gasteiger partial charge is 0.269 e. The number of fused-ring (bicyclic) bond motifs is 5. The summed E-state index contributed by atoms with van der Waals surface area (Å²) in [5, 5.41) is 10.7. The van der Waals surface area contributed by atoms with Crippen molar-refractivity contribution in [1.29, 1.82) is 0 Å². The van der Waals surface area contributed by atoms with Gasteiger partial charge in [0.25, 0.3) is 5.69 Å². The lowest BCUT2D eigenvalue weighted by molar-refractivity contribution is -0.384. The summed E-state index contributed by atoms with van der Waals surface area (Å²) in [6, 6.07) is 5.57. The van der Waals surface area contributed by atoms with Crippen LogP contribution < -0.4 is 4.90 Å². The minimum absolute atomic E-state index is 0.0610. The number of hydrogen-bond donors (Lipinski definition) is 0. The molecule has 120 valence electrons. The number of nitrogens with zero attached hydrogens (tertiary/aromatic N) is 2. The molecule has 1 aromatic rings. The molecule has 0 unspecified atom stereocenters. The quantitative estimate of drug-likeness (QED) is 0.304. The van der Waals surface area contributed by atoms with Gasteiger partial charge < -0.3 is 0 Å². The summed E-state index contributed by atoms with van der Waals surface area (Å²) in [6.45, 7) is 0. The van der Waals surface area contributed by atoms with E-state index in [4.69, 9.17) is 0 Å². The van der Waals surface area contributed by atoms with Gasteiger partial charge in [-0.25, -0.2) is 0 Å². The first kappa shape index (κ1) is 15.3. The maximum Gasteiger partial charge on any atom is 0.269 e. The number of imide groups is 1. The summed E-state index contributed by atoms with van der Waals surface area (Å²) in [5.41, 5.74) is 0.353. The molecular formula is C15H12Br2N2O4. The summed E-state index contributed by atoms with van der Waals surface area (Å²) in [4.78, 5) is 37.4. The van der Waals surface area contributed by atoms with E-state index in [-0.39, 0.29) is 50.8 Å². The highest BCUT2D eigenvalue weighted by molar-refractivity contribution is 9.12. The molecule has 1 saturated heterocycles. The van der Waals surface area contributed by atoms with E-state index in [1.54, 1.807) is 0 Å². The van der Waals surface area contributed by atoms with Crippen molar-refractivity contribution >= 4 is 55.0 Å². The Kier molecular flexibility index (Phi) is 3.39. The van der Waals surface area contributed by atoms with Crippen LogP contribution in [-0.4, -0.2) is 26.4 Å². The van der Waals surface area contributed by atoms with Gasteiger partial charge in [0, 0.05) is 21.8 Å². The van der Waals surface area contributed by atoms with Crippen LogP contribution in [0.15, 0.2) is 24.3 Å². The van der Waals surface area contributed by atoms with Gasteiger partial charge in [0.2, 0.25) is 11.8 Å². The first-order valence-corrected chi connectivity index (χ1v) is 9.15. The average Bonchev–Trinajstić information content (AvgIpc) is 3.12. The molecule has 3 aliphatic rings. The van der Waals surface area contributed by atoms with Gasteiger partial charge in [-0.1, -0.05) is 31.9 Å². The van der Waals surface area contributed by atoms with Crippen molar-refractivity contribution in [3.63, 3.8) is 0 Å². The van der Waals surface area contributed by atoms with Gasteiger partial charge in [0.15, 0.2) is 0 Å². The molecule has 1 aliphatic heterocycles. The van der Waals surface area contributed by atoms with Crippen molar-refractivity contribution in [2.45, 2.75) is 16.1 Å². The van der Waals surface area contributed by atoms with Gasteiger partial charge in [-0.05, 0) is 30.4 Å². The van der Waals surface area contributed by atoms with Crippen molar-refractivity contribution in [3.8, 4) is 0 Å². The first-order chi connectivity index (χ1) is 10.9. The van der Waals surface area contributed by atoms with Gasteiger partial charge in [0.05, 0.1) is 22.4 Å². The van der Waals surface area contributed by atoms with Crippen LogP contribution in [0.4, 0.5) is 11.4 Å². The van der Waals surface area contributed by atoms with E-state index >= 15 is 0 Å². The summed E-state index contributed by atoms with van der Waals surface area (Å²) in [6.07, 6.45) is 0.882. The highest BCUT2D eigenvalue weighted by atomic mass is 79.9. The lowest BCUT2D eigenvalue weighted by Gasteiger charge is -2.28. The molecule has 2 aliphatic carbocycles. The minimum Gasteiger partial charge on any atom is -0.274 e.